The quantitative estimate of drug-likeness (QED) is 0.418. The molecule has 5 heteroatoms. The molecular weight excluding hydrogens is 402 g/mol. The van der Waals surface area contributed by atoms with Gasteiger partial charge in [-0.05, 0) is 67.6 Å². The summed E-state index contributed by atoms with van der Waals surface area (Å²) in [5.41, 5.74) is -0.719. The number of carbonyl (C=O) groups is 2. The van der Waals surface area contributed by atoms with E-state index in [1.165, 1.54) is 0 Å². The van der Waals surface area contributed by atoms with Crippen molar-refractivity contribution >= 4 is 18.0 Å². The second-order valence-corrected chi connectivity index (χ2v) is 12.2. The highest BCUT2D eigenvalue weighted by Gasteiger charge is 2.85. The molecule has 4 aliphatic carbocycles. The van der Waals surface area contributed by atoms with Crippen LogP contribution in [-0.2, 0) is 14.4 Å². The summed E-state index contributed by atoms with van der Waals surface area (Å²) in [6.45, 7) is 10.9. The topological polar surface area (TPSA) is 76.0 Å². The average Bonchev–Trinajstić information content (AvgIpc) is 3.46. The van der Waals surface area contributed by atoms with E-state index in [1.54, 1.807) is 0 Å². The molecule has 0 aromatic carbocycles. The van der Waals surface area contributed by atoms with Crippen molar-refractivity contribution in [1.82, 2.24) is 0 Å². The van der Waals surface area contributed by atoms with Crippen molar-refractivity contribution in [2.75, 3.05) is 0 Å². The smallest absolute Gasteiger partial charge is 0.315 e. The van der Waals surface area contributed by atoms with E-state index in [1.807, 2.05) is 0 Å². The lowest BCUT2D eigenvalue weighted by Crippen LogP contribution is -2.64. The van der Waals surface area contributed by atoms with Crippen LogP contribution in [-0.4, -0.2) is 29.2 Å². The average molecular weight is 442 g/mol. The molecule has 0 aromatic rings. The van der Waals surface area contributed by atoms with E-state index in [0.29, 0.717) is 30.6 Å². The van der Waals surface area contributed by atoms with Gasteiger partial charge in [0, 0.05) is 11.8 Å². The minimum absolute atomic E-state index is 0.0273. The second kappa shape index (κ2) is 7.17. The number of hydrogen-bond donors (Lipinski definition) is 1. The molecule has 3 fully saturated rings. The molecule has 0 spiro atoms. The van der Waals surface area contributed by atoms with Crippen molar-refractivity contribution in [1.29, 1.82) is 0 Å². The summed E-state index contributed by atoms with van der Waals surface area (Å²) in [6.07, 6.45) is 9.62. The van der Waals surface area contributed by atoms with Crippen LogP contribution < -0.4 is 0 Å². The Bertz CT molecular complexity index is 890. The zero-order valence-electron chi connectivity index (χ0n) is 20.3. The number of aldehydes is 1. The summed E-state index contributed by atoms with van der Waals surface area (Å²) in [7, 11) is 0. The molecule has 1 heterocycles. The van der Waals surface area contributed by atoms with Gasteiger partial charge in [-0.1, -0.05) is 57.8 Å². The maximum atomic E-state index is 13.5. The van der Waals surface area contributed by atoms with Crippen LogP contribution >= 0.6 is 0 Å². The fraction of sp³-hybridized carbons (Fsp3) is 0.815. The summed E-state index contributed by atoms with van der Waals surface area (Å²) < 4.78 is 0. The van der Waals surface area contributed by atoms with Crippen molar-refractivity contribution in [3.8, 4) is 0 Å². The molecule has 5 nitrogen and oxygen atoms in total. The first kappa shape index (κ1) is 22.2. The summed E-state index contributed by atoms with van der Waals surface area (Å²) in [6, 6.07) is 0. The monoisotopic (exact) mass is 441 g/mol. The lowest BCUT2D eigenvalue weighted by Gasteiger charge is -2.58. The van der Waals surface area contributed by atoms with Gasteiger partial charge in [0.25, 0.3) is 0 Å². The third kappa shape index (κ3) is 2.38. The number of aliphatic carboxylic acids is 1. The molecule has 5 rings (SSSR count). The predicted molar refractivity (Wildman–Crippen MR) is 123 cm³/mol. The largest absolute Gasteiger partial charge is 0.481 e. The number of rotatable bonds is 7. The van der Waals surface area contributed by atoms with Gasteiger partial charge in [0.15, 0.2) is 0 Å². The maximum Gasteiger partial charge on any atom is 0.315 e. The van der Waals surface area contributed by atoms with E-state index >= 15 is 0 Å². The first-order chi connectivity index (χ1) is 15.2. The minimum Gasteiger partial charge on any atom is -0.481 e. The van der Waals surface area contributed by atoms with Crippen LogP contribution in [0.4, 0.5) is 0 Å². The molecule has 1 aliphatic heterocycles. The number of fused-ring (bicyclic) bond motifs is 2. The van der Waals surface area contributed by atoms with Crippen LogP contribution in [0.5, 0.6) is 0 Å². The molecule has 0 aromatic heterocycles. The number of hydrogen-bond acceptors (Lipinski definition) is 4. The first-order valence-electron chi connectivity index (χ1n) is 12.8. The molecular formula is C27H39NO4. The highest BCUT2D eigenvalue weighted by Crippen LogP contribution is 2.83. The number of carboxylic acids is 1. The Morgan fingerprint density at radius 2 is 2.03 bits per heavy atom. The molecule has 5 aliphatic rings. The Morgan fingerprint density at radius 1 is 1.28 bits per heavy atom. The third-order valence-electron chi connectivity index (χ3n) is 10.2. The molecule has 0 saturated heterocycles. The molecule has 1 N–H and O–H groups in total. The summed E-state index contributed by atoms with van der Waals surface area (Å²) in [5, 5.41) is 15.7. The Morgan fingerprint density at radius 3 is 2.66 bits per heavy atom. The number of carbonyl (C=O) groups excluding carboxylic acids is 1. The first-order valence-corrected chi connectivity index (χ1v) is 12.8. The normalized spacial score (nSPS) is 46.3. The molecule has 8 atom stereocenters. The van der Waals surface area contributed by atoms with Crippen LogP contribution in [0.25, 0.3) is 0 Å². The zero-order valence-corrected chi connectivity index (χ0v) is 20.3. The summed E-state index contributed by atoms with van der Waals surface area (Å²) in [5.74, 6) is 0.998. The standard InChI is InChI=1S/C27H39NO4/c1-15(2)6-8-19-11-23(28-32-19)26-13-20-17(5)7-9-21(20)25(14-29)12-18(26)10-22(16(3)4)27(25,26)24(30)31/h10,14-21H,6-9,11-13H2,1-5H3,(H,30,31)/t17-,18+,19?,20-,21-,25+,26-,27+/m1/s1. The van der Waals surface area contributed by atoms with Crippen LogP contribution in [0, 0.1) is 51.8 Å². The molecule has 3 saturated carbocycles. The molecule has 1 unspecified atom stereocenters. The SMILES string of the molecule is CC(C)CCC1CC([C@@]23C[C@@H]4[C@H](C)CC[C@H]4[C@@]4(C=O)C[C@@H]2C=C(C(C)C)[C@@]34C(=O)O)=NO1. The van der Waals surface area contributed by atoms with E-state index in [4.69, 9.17) is 4.84 Å². The van der Waals surface area contributed by atoms with Gasteiger partial charge in [-0.15, -0.1) is 0 Å². The van der Waals surface area contributed by atoms with Crippen molar-refractivity contribution in [3.05, 3.63) is 11.6 Å². The molecule has 4 bridgehead atoms. The van der Waals surface area contributed by atoms with E-state index in [9.17, 15) is 14.7 Å². The predicted octanol–water partition coefficient (Wildman–Crippen LogP) is 5.49. The van der Waals surface area contributed by atoms with Gasteiger partial charge >= 0.3 is 5.97 Å². The van der Waals surface area contributed by atoms with Crippen LogP contribution in [0.1, 0.15) is 79.6 Å². The zero-order chi connectivity index (χ0) is 23.1. The highest BCUT2D eigenvalue weighted by molar-refractivity contribution is 6.03. The summed E-state index contributed by atoms with van der Waals surface area (Å²) in [4.78, 5) is 32.5. The van der Waals surface area contributed by atoms with Crippen LogP contribution in [0.2, 0.25) is 0 Å². The van der Waals surface area contributed by atoms with Gasteiger partial charge in [-0.3, -0.25) is 4.79 Å². The molecule has 0 radical (unpaired) electrons. The number of carboxylic acid groups (broad SMARTS) is 1. The van der Waals surface area contributed by atoms with Gasteiger partial charge in [-0.2, -0.15) is 0 Å². The lowest BCUT2D eigenvalue weighted by molar-refractivity contribution is -0.173. The van der Waals surface area contributed by atoms with E-state index in [-0.39, 0.29) is 23.9 Å². The Labute approximate surface area is 192 Å². The van der Waals surface area contributed by atoms with Crippen LogP contribution in [0.3, 0.4) is 0 Å². The minimum atomic E-state index is -1.18. The fourth-order valence-corrected chi connectivity index (χ4v) is 9.09. The molecule has 176 valence electrons. The third-order valence-corrected chi connectivity index (χ3v) is 10.2. The molecule has 0 amide bonds. The Balaban J connectivity index is 1.66. The van der Waals surface area contributed by atoms with Crippen molar-refractivity contribution in [3.63, 3.8) is 0 Å². The van der Waals surface area contributed by atoms with E-state index in [2.05, 4.69) is 45.9 Å². The molecule has 32 heavy (non-hydrogen) atoms. The van der Waals surface area contributed by atoms with Gasteiger partial charge in [0.05, 0.1) is 11.1 Å². The van der Waals surface area contributed by atoms with Crippen molar-refractivity contribution in [2.24, 2.45) is 56.9 Å². The van der Waals surface area contributed by atoms with Crippen molar-refractivity contribution < 1.29 is 19.5 Å². The van der Waals surface area contributed by atoms with E-state index in [0.717, 1.165) is 49.7 Å². The second-order valence-electron chi connectivity index (χ2n) is 12.2. The summed E-state index contributed by atoms with van der Waals surface area (Å²) >= 11 is 0. The number of oxime groups is 1. The van der Waals surface area contributed by atoms with Gasteiger partial charge in [0.2, 0.25) is 0 Å². The Hall–Kier alpha value is -1.65. The maximum absolute atomic E-state index is 13.5. The number of nitrogens with zero attached hydrogens (tertiary/aromatic N) is 1. The van der Waals surface area contributed by atoms with E-state index < -0.39 is 22.2 Å². The highest BCUT2D eigenvalue weighted by atomic mass is 16.6. The Kier molecular flexibility index (Phi) is 4.97. The van der Waals surface area contributed by atoms with Crippen molar-refractivity contribution in [2.45, 2.75) is 85.7 Å². The number of allylic oxidation sites excluding steroid dienone is 1. The van der Waals surface area contributed by atoms with Gasteiger partial charge < -0.3 is 14.7 Å². The lowest BCUT2D eigenvalue weighted by atomic mass is 9.41. The van der Waals surface area contributed by atoms with Gasteiger partial charge in [-0.25, -0.2) is 0 Å². The fourth-order valence-electron chi connectivity index (χ4n) is 9.09. The van der Waals surface area contributed by atoms with Gasteiger partial charge in [0.1, 0.15) is 17.8 Å². The van der Waals surface area contributed by atoms with Crippen LogP contribution in [0.15, 0.2) is 16.8 Å².